The number of rotatable bonds is 7. The van der Waals surface area contributed by atoms with E-state index in [0.717, 1.165) is 18.3 Å². The number of hydrogen-bond acceptors (Lipinski definition) is 8. The van der Waals surface area contributed by atoms with Gasteiger partial charge in [0.2, 0.25) is 21.3 Å². The lowest BCUT2D eigenvalue weighted by Gasteiger charge is -2.15. The lowest BCUT2D eigenvalue weighted by atomic mass is 10.0. The van der Waals surface area contributed by atoms with E-state index in [0.29, 0.717) is 28.0 Å². The minimum atomic E-state index is -4.67. The molecule has 4 aromatic rings. The summed E-state index contributed by atoms with van der Waals surface area (Å²) in [4.78, 5) is 25.0. The maximum Gasteiger partial charge on any atom is 0.387 e. The second kappa shape index (κ2) is 13.2. The first-order valence-electron chi connectivity index (χ1n) is 13.5. The fraction of sp³-hybridized carbons (Fsp3) is 0.310. The molecule has 1 aliphatic heterocycles. The van der Waals surface area contributed by atoms with Crippen LogP contribution in [0.3, 0.4) is 0 Å². The van der Waals surface area contributed by atoms with E-state index in [9.17, 15) is 43.9 Å². The Morgan fingerprint density at radius 2 is 1.76 bits per heavy atom. The highest BCUT2D eigenvalue weighted by atomic mass is 32.2. The largest absolute Gasteiger partial charge is 0.433 e. The number of pyridine rings is 3. The van der Waals surface area contributed by atoms with Crippen LogP contribution in [0.4, 0.5) is 30.7 Å². The van der Waals surface area contributed by atoms with Crippen molar-refractivity contribution < 1.29 is 54.8 Å². The highest BCUT2D eigenvalue weighted by molar-refractivity contribution is 7.92. The van der Waals surface area contributed by atoms with Crippen molar-refractivity contribution in [1.82, 2.24) is 20.3 Å². The standard InChI is InChI=1S/C26H19F5N4O5S.C3H4F2.H2/c27-23-12-39-11-18-17(24(28)29)5-14(6-22(18)41(23,37)38)25(36)34-9-15-7-21-13(8-32-15)1-3-20(35-21)19-4-2-16(10-33-19)40-26(30)31;4-3(5)1-2-3;/h1-8,10,23-24,26H,9,11-12H2,(H,34,36);1-2H2;1H/t23-;;/m1../s1. The predicted molar refractivity (Wildman–Crippen MR) is 150 cm³/mol. The number of nitrogens with one attached hydrogen (secondary N) is 1. The van der Waals surface area contributed by atoms with Crippen LogP contribution in [0, 0.1) is 0 Å². The first-order chi connectivity index (χ1) is 21.7. The van der Waals surface area contributed by atoms with Gasteiger partial charge in [0.05, 0.1) is 53.4 Å². The summed E-state index contributed by atoms with van der Waals surface area (Å²) in [6, 6.07) is 9.41. The molecule has 9 nitrogen and oxygen atoms in total. The molecule has 0 bridgehead atoms. The number of sulfone groups is 1. The van der Waals surface area contributed by atoms with Crippen LogP contribution < -0.4 is 10.1 Å². The second-order valence-corrected chi connectivity index (χ2v) is 12.2. The van der Waals surface area contributed by atoms with Crippen molar-refractivity contribution in [2.45, 2.75) is 55.4 Å². The third-order valence-electron chi connectivity index (χ3n) is 6.79. The van der Waals surface area contributed by atoms with Gasteiger partial charge in [-0.25, -0.2) is 35.4 Å². The maximum absolute atomic E-state index is 14.2. The van der Waals surface area contributed by atoms with Gasteiger partial charge in [-0.1, -0.05) is 0 Å². The molecule has 246 valence electrons. The van der Waals surface area contributed by atoms with Crippen molar-refractivity contribution in [3.8, 4) is 17.1 Å². The van der Waals surface area contributed by atoms with Crippen LogP contribution >= 0.6 is 0 Å². The van der Waals surface area contributed by atoms with Crippen molar-refractivity contribution in [3.63, 3.8) is 0 Å². The summed E-state index contributed by atoms with van der Waals surface area (Å²) in [5.41, 5.74) is -2.40. The molecule has 1 N–H and O–H groups in total. The molecule has 4 heterocycles. The number of nitrogens with zero attached hydrogens (tertiary/aromatic N) is 3. The second-order valence-electron chi connectivity index (χ2n) is 10.2. The number of carbonyl (C=O) groups excluding carboxylic acids is 1. The van der Waals surface area contributed by atoms with E-state index in [1.807, 2.05) is 0 Å². The van der Waals surface area contributed by atoms with Crippen LogP contribution in [0.15, 0.2) is 59.8 Å². The number of fused-ring (bicyclic) bond motifs is 2. The van der Waals surface area contributed by atoms with Crippen LogP contribution in [0.1, 0.15) is 47.9 Å². The lowest BCUT2D eigenvalue weighted by Crippen LogP contribution is -2.25. The van der Waals surface area contributed by atoms with E-state index in [2.05, 4.69) is 25.0 Å². The Morgan fingerprint density at radius 1 is 1.04 bits per heavy atom. The molecule has 0 saturated heterocycles. The quantitative estimate of drug-likeness (QED) is 0.223. The molecule has 1 aromatic carbocycles. The fourth-order valence-corrected chi connectivity index (χ4v) is 5.61. The van der Waals surface area contributed by atoms with Gasteiger partial charge in [0.15, 0.2) is 0 Å². The Morgan fingerprint density at radius 3 is 2.39 bits per heavy atom. The van der Waals surface area contributed by atoms with E-state index in [-0.39, 0.29) is 32.1 Å². The van der Waals surface area contributed by atoms with Crippen molar-refractivity contribution >= 4 is 26.6 Å². The van der Waals surface area contributed by atoms with Crippen LogP contribution in [0.2, 0.25) is 0 Å². The summed E-state index contributed by atoms with van der Waals surface area (Å²) >= 11 is 0. The highest BCUT2D eigenvalue weighted by Gasteiger charge is 2.43. The van der Waals surface area contributed by atoms with Crippen LogP contribution in [-0.4, -0.2) is 53.9 Å². The molecule has 17 heteroatoms. The molecule has 1 aliphatic carbocycles. The van der Waals surface area contributed by atoms with Gasteiger partial charge < -0.3 is 14.8 Å². The summed E-state index contributed by atoms with van der Waals surface area (Å²) in [5, 5.41) is 3.13. The van der Waals surface area contributed by atoms with Gasteiger partial charge in [0.1, 0.15) is 5.75 Å². The molecule has 3 aromatic heterocycles. The van der Waals surface area contributed by atoms with Gasteiger partial charge in [-0.2, -0.15) is 8.78 Å². The molecule has 0 radical (unpaired) electrons. The minimum absolute atomic E-state index is 0. The van der Waals surface area contributed by atoms with Crippen molar-refractivity contribution in [3.05, 3.63) is 77.2 Å². The fourth-order valence-electron chi connectivity index (χ4n) is 4.25. The molecule has 2 aliphatic rings. The zero-order valence-corrected chi connectivity index (χ0v) is 24.2. The average Bonchev–Trinajstić information content (AvgIpc) is 3.74. The zero-order valence-electron chi connectivity index (χ0n) is 23.4. The van der Waals surface area contributed by atoms with Gasteiger partial charge in [0.25, 0.3) is 12.3 Å². The summed E-state index contributed by atoms with van der Waals surface area (Å²) in [7, 11) is -4.67. The number of hydrogen-bond donors (Lipinski definition) is 1. The van der Waals surface area contributed by atoms with Gasteiger partial charge in [-0.3, -0.25) is 14.8 Å². The van der Waals surface area contributed by atoms with Gasteiger partial charge in [0, 0.05) is 42.5 Å². The molecule has 1 amide bonds. The number of aromatic nitrogens is 3. The molecule has 0 unspecified atom stereocenters. The molecule has 1 atom stereocenters. The van der Waals surface area contributed by atoms with Crippen LogP contribution in [-0.2, 0) is 27.7 Å². The Hall–Kier alpha value is -4.38. The molecule has 1 fully saturated rings. The Kier molecular flexibility index (Phi) is 9.44. The lowest BCUT2D eigenvalue weighted by molar-refractivity contribution is -0.0500. The molecule has 1 saturated carbocycles. The third-order valence-corrected chi connectivity index (χ3v) is 8.58. The van der Waals surface area contributed by atoms with Crippen LogP contribution in [0.25, 0.3) is 22.3 Å². The predicted octanol–water partition coefficient (Wildman–Crippen LogP) is 6.42. The van der Waals surface area contributed by atoms with E-state index >= 15 is 0 Å². The third kappa shape index (κ3) is 7.70. The molecule has 0 spiro atoms. The van der Waals surface area contributed by atoms with E-state index in [4.69, 9.17) is 4.74 Å². The monoisotopic (exact) mass is 674 g/mol. The van der Waals surface area contributed by atoms with Gasteiger partial charge in [-0.05, 0) is 42.5 Å². The number of halogens is 7. The van der Waals surface area contributed by atoms with Gasteiger partial charge >= 0.3 is 6.61 Å². The molecule has 6 rings (SSSR count). The smallest absolute Gasteiger partial charge is 0.387 e. The van der Waals surface area contributed by atoms with Crippen LogP contribution in [0.5, 0.6) is 5.75 Å². The minimum Gasteiger partial charge on any atom is -0.433 e. The van der Waals surface area contributed by atoms with Crippen molar-refractivity contribution in [2.24, 2.45) is 0 Å². The van der Waals surface area contributed by atoms with E-state index < -0.39 is 69.4 Å². The summed E-state index contributed by atoms with van der Waals surface area (Å²) in [5.74, 6) is -3.25. The molecular weight excluding hydrogens is 649 g/mol. The zero-order chi connectivity index (χ0) is 33.2. The van der Waals surface area contributed by atoms with Gasteiger partial charge in [-0.15, -0.1) is 0 Å². The first kappa shape index (κ1) is 33.0. The number of amides is 1. The van der Waals surface area contributed by atoms with Crippen molar-refractivity contribution in [1.29, 1.82) is 0 Å². The first-order valence-corrected chi connectivity index (χ1v) is 15.0. The highest BCUT2D eigenvalue weighted by Crippen LogP contribution is 2.40. The number of carbonyl (C=O) groups is 1. The average molecular weight is 675 g/mol. The molecular formula is C29H25F7N4O5S. The number of ether oxygens (including phenoxy) is 2. The van der Waals surface area contributed by atoms with E-state index in [1.165, 1.54) is 18.3 Å². The summed E-state index contributed by atoms with van der Waals surface area (Å²) in [6.07, 6.45) is -0.280. The normalized spacial score (nSPS) is 17.9. The maximum atomic E-state index is 14.2. The Bertz CT molecular complexity index is 1860. The molecule has 46 heavy (non-hydrogen) atoms. The van der Waals surface area contributed by atoms with Crippen molar-refractivity contribution in [2.75, 3.05) is 6.61 Å². The SMILES string of the molecule is FC1(F)CC1.O=C(NCc1cc2nc(-c3ccc(OC(F)F)cn3)ccc2cn1)c1cc(C(F)F)c2c(c1)S(=O)(=O)[C@@H](F)COC2.[HH]. The summed E-state index contributed by atoms with van der Waals surface area (Å²) in [6.45, 7) is -4.53. The number of benzene rings is 1. The number of alkyl halides is 7. The Labute approximate surface area is 258 Å². The Balaban J connectivity index is 0.000000762. The topological polar surface area (TPSA) is 120 Å². The summed E-state index contributed by atoms with van der Waals surface area (Å²) < 4.78 is 123. The van der Waals surface area contributed by atoms with E-state index in [1.54, 1.807) is 18.2 Å².